The van der Waals surface area contributed by atoms with Crippen LogP contribution in [-0.4, -0.2) is 31.6 Å². The van der Waals surface area contributed by atoms with Gasteiger partial charge in [0.25, 0.3) is 0 Å². The smallest absolute Gasteiger partial charge is 0.0579 e. The quantitative estimate of drug-likeness (QED) is 0.762. The second-order valence-corrected chi connectivity index (χ2v) is 5.82. The largest absolute Gasteiger partial charge is 0.397 e. The molecule has 0 aliphatic carbocycles. The molecular formula is C15H27N3. The molecule has 1 aromatic carbocycles. The fraction of sp³-hybridized carbons (Fsp3) is 0.600. The molecule has 0 radical (unpaired) electrons. The van der Waals surface area contributed by atoms with E-state index in [1.165, 1.54) is 5.56 Å². The van der Waals surface area contributed by atoms with Crippen LogP contribution in [0.25, 0.3) is 0 Å². The van der Waals surface area contributed by atoms with Crippen LogP contribution in [0, 0.1) is 12.8 Å². The first kappa shape index (κ1) is 14.8. The van der Waals surface area contributed by atoms with E-state index in [-0.39, 0.29) is 0 Å². The third-order valence-corrected chi connectivity index (χ3v) is 2.91. The Morgan fingerprint density at radius 3 is 2.50 bits per heavy atom. The van der Waals surface area contributed by atoms with Gasteiger partial charge in [-0.3, -0.25) is 0 Å². The second kappa shape index (κ2) is 6.64. The monoisotopic (exact) mass is 249 g/mol. The topological polar surface area (TPSA) is 41.3 Å². The molecular weight excluding hydrogens is 222 g/mol. The molecule has 3 heteroatoms. The van der Waals surface area contributed by atoms with Crippen molar-refractivity contribution in [2.24, 2.45) is 5.92 Å². The molecule has 102 valence electrons. The van der Waals surface area contributed by atoms with E-state index >= 15 is 0 Å². The van der Waals surface area contributed by atoms with Crippen LogP contribution in [0.4, 0.5) is 11.4 Å². The molecule has 18 heavy (non-hydrogen) atoms. The standard InChI is InChI=1S/C15H27N3/c1-11(2)8-13(10-18(4)5)17-15-9-12(3)6-7-14(15)16/h6-7,9,11,13,17H,8,10,16H2,1-5H3. The van der Waals surface area contributed by atoms with Crippen LogP contribution in [0.15, 0.2) is 18.2 Å². The van der Waals surface area contributed by atoms with Crippen LogP contribution < -0.4 is 11.1 Å². The molecule has 1 rings (SSSR count). The van der Waals surface area contributed by atoms with Gasteiger partial charge >= 0.3 is 0 Å². The number of likely N-dealkylation sites (N-methyl/N-ethyl adjacent to an activating group) is 1. The van der Waals surface area contributed by atoms with Gasteiger partial charge in [0.2, 0.25) is 0 Å². The molecule has 0 spiro atoms. The summed E-state index contributed by atoms with van der Waals surface area (Å²) in [6.07, 6.45) is 1.14. The minimum atomic E-state index is 0.434. The zero-order chi connectivity index (χ0) is 13.7. The van der Waals surface area contributed by atoms with Gasteiger partial charge in [-0.15, -0.1) is 0 Å². The summed E-state index contributed by atoms with van der Waals surface area (Å²) in [6.45, 7) is 7.62. The summed E-state index contributed by atoms with van der Waals surface area (Å²) in [5.41, 5.74) is 9.14. The van der Waals surface area contributed by atoms with E-state index in [1.807, 2.05) is 12.1 Å². The molecule has 0 aromatic heterocycles. The van der Waals surface area contributed by atoms with Crippen LogP contribution in [0.3, 0.4) is 0 Å². The van der Waals surface area contributed by atoms with Crippen LogP contribution in [0.5, 0.6) is 0 Å². The van der Waals surface area contributed by atoms with E-state index in [9.17, 15) is 0 Å². The lowest BCUT2D eigenvalue weighted by Crippen LogP contribution is -2.33. The van der Waals surface area contributed by atoms with Crippen molar-refractivity contribution in [1.82, 2.24) is 4.90 Å². The lowest BCUT2D eigenvalue weighted by Gasteiger charge is -2.25. The summed E-state index contributed by atoms with van der Waals surface area (Å²) in [5.74, 6) is 0.675. The van der Waals surface area contributed by atoms with Gasteiger partial charge in [-0.25, -0.2) is 0 Å². The number of nitrogen functional groups attached to an aromatic ring is 1. The first-order valence-electron chi connectivity index (χ1n) is 6.66. The van der Waals surface area contributed by atoms with Crippen LogP contribution >= 0.6 is 0 Å². The van der Waals surface area contributed by atoms with Gasteiger partial charge in [0.15, 0.2) is 0 Å². The van der Waals surface area contributed by atoms with E-state index in [0.717, 1.165) is 24.3 Å². The van der Waals surface area contributed by atoms with Gasteiger partial charge in [0, 0.05) is 12.6 Å². The Morgan fingerprint density at radius 2 is 1.94 bits per heavy atom. The molecule has 3 nitrogen and oxygen atoms in total. The van der Waals surface area contributed by atoms with E-state index < -0.39 is 0 Å². The van der Waals surface area contributed by atoms with Gasteiger partial charge in [-0.2, -0.15) is 0 Å². The Kier molecular flexibility index (Phi) is 5.48. The van der Waals surface area contributed by atoms with E-state index in [2.05, 4.69) is 51.1 Å². The number of rotatable bonds is 6. The van der Waals surface area contributed by atoms with Crippen molar-refractivity contribution < 1.29 is 0 Å². The molecule has 1 unspecified atom stereocenters. The molecule has 0 heterocycles. The highest BCUT2D eigenvalue weighted by Crippen LogP contribution is 2.22. The molecule has 0 saturated carbocycles. The van der Waals surface area contributed by atoms with Crippen molar-refractivity contribution in [2.45, 2.75) is 33.2 Å². The Hall–Kier alpha value is -1.22. The van der Waals surface area contributed by atoms with Crippen LogP contribution in [0.1, 0.15) is 25.8 Å². The zero-order valence-electron chi connectivity index (χ0n) is 12.3. The summed E-state index contributed by atoms with van der Waals surface area (Å²) in [4.78, 5) is 2.21. The number of nitrogens with one attached hydrogen (secondary N) is 1. The lowest BCUT2D eigenvalue weighted by molar-refractivity contribution is 0.356. The number of anilines is 2. The van der Waals surface area contributed by atoms with Crippen molar-refractivity contribution >= 4 is 11.4 Å². The lowest BCUT2D eigenvalue weighted by atomic mass is 10.0. The average Bonchev–Trinajstić information content (AvgIpc) is 2.21. The number of hydrogen-bond donors (Lipinski definition) is 2. The van der Waals surface area contributed by atoms with E-state index in [0.29, 0.717) is 12.0 Å². The SMILES string of the molecule is Cc1ccc(N)c(NC(CC(C)C)CN(C)C)c1. The summed E-state index contributed by atoms with van der Waals surface area (Å²) >= 11 is 0. The minimum Gasteiger partial charge on any atom is -0.397 e. The first-order valence-corrected chi connectivity index (χ1v) is 6.66. The Bertz CT molecular complexity index is 362. The molecule has 1 aromatic rings. The third-order valence-electron chi connectivity index (χ3n) is 2.91. The van der Waals surface area contributed by atoms with Gasteiger partial charge in [-0.05, 0) is 51.1 Å². The van der Waals surface area contributed by atoms with E-state index in [4.69, 9.17) is 5.73 Å². The van der Waals surface area contributed by atoms with Crippen molar-refractivity contribution in [3.8, 4) is 0 Å². The second-order valence-electron chi connectivity index (χ2n) is 5.82. The molecule has 0 aliphatic rings. The zero-order valence-corrected chi connectivity index (χ0v) is 12.3. The number of nitrogens with zero attached hydrogens (tertiary/aromatic N) is 1. The third kappa shape index (κ3) is 4.96. The van der Waals surface area contributed by atoms with Gasteiger partial charge in [-0.1, -0.05) is 19.9 Å². The number of hydrogen-bond acceptors (Lipinski definition) is 3. The maximum Gasteiger partial charge on any atom is 0.0579 e. The molecule has 0 bridgehead atoms. The van der Waals surface area contributed by atoms with Gasteiger partial charge in [0.05, 0.1) is 11.4 Å². The number of aryl methyl sites for hydroxylation is 1. The fourth-order valence-electron chi connectivity index (χ4n) is 2.20. The summed E-state index contributed by atoms with van der Waals surface area (Å²) in [6, 6.07) is 6.58. The van der Waals surface area contributed by atoms with Crippen LogP contribution in [0.2, 0.25) is 0 Å². The average molecular weight is 249 g/mol. The molecule has 0 saturated heterocycles. The Morgan fingerprint density at radius 1 is 1.28 bits per heavy atom. The molecule has 0 amide bonds. The normalized spacial score (nSPS) is 13.1. The summed E-state index contributed by atoms with van der Waals surface area (Å²) < 4.78 is 0. The summed E-state index contributed by atoms with van der Waals surface area (Å²) in [5, 5.41) is 3.58. The predicted molar refractivity (Wildman–Crippen MR) is 81.0 cm³/mol. The van der Waals surface area contributed by atoms with E-state index in [1.54, 1.807) is 0 Å². The van der Waals surface area contributed by atoms with Crippen molar-refractivity contribution in [3.05, 3.63) is 23.8 Å². The first-order chi connectivity index (χ1) is 8.38. The Labute approximate surface area is 111 Å². The fourth-order valence-corrected chi connectivity index (χ4v) is 2.20. The highest BCUT2D eigenvalue weighted by molar-refractivity contribution is 5.67. The minimum absolute atomic E-state index is 0.434. The molecule has 3 N–H and O–H groups in total. The highest BCUT2D eigenvalue weighted by atomic mass is 15.1. The van der Waals surface area contributed by atoms with Gasteiger partial charge in [0.1, 0.15) is 0 Å². The highest BCUT2D eigenvalue weighted by Gasteiger charge is 2.13. The van der Waals surface area contributed by atoms with Gasteiger partial charge < -0.3 is 16.0 Å². The Balaban J connectivity index is 2.77. The van der Waals surface area contributed by atoms with Crippen molar-refractivity contribution in [3.63, 3.8) is 0 Å². The molecule has 0 aliphatic heterocycles. The van der Waals surface area contributed by atoms with Crippen molar-refractivity contribution in [1.29, 1.82) is 0 Å². The number of benzene rings is 1. The maximum absolute atomic E-state index is 6.02. The molecule has 1 atom stereocenters. The van der Waals surface area contributed by atoms with Crippen LogP contribution in [-0.2, 0) is 0 Å². The molecule has 0 fully saturated rings. The summed E-state index contributed by atoms with van der Waals surface area (Å²) in [7, 11) is 4.21. The number of nitrogens with two attached hydrogens (primary N) is 1. The van der Waals surface area contributed by atoms with Crippen molar-refractivity contribution in [2.75, 3.05) is 31.7 Å². The maximum atomic E-state index is 6.02. The predicted octanol–water partition coefficient (Wildman–Crippen LogP) is 2.97.